The summed E-state index contributed by atoms with van der Waals surface area (Å²) in [4.78, 5) is 3.63. The molecule has 0 radical (unpaired) electrons. The molecular weight excluding hydrogens is 463 g/mol. The minimum absolute atomic E-state index is 0. The Labute approximate surface area is 178 Å². The highest BCUT2D eigenvalue weighted by Crippen LogP contribution is 2.14. The number of para-hydroxylation sites is 1. The van der Waals surface area contributed by atoms with E-state index in [9.17, 15) is 17.4 Å². The molecule has 9 heteroatoms. The summed E-state index contributed by atoms with van der Waals surface area (Å²) >= 11 is 0. The minimum atomic E-state index is -4.71. The smallest absolute Gasteiger partial charge is 0.332 e. The van der Waals surface area contributed by atoms with Gasteiger partial charge in [0.1, 0.15) is 18.0 Å². The average Bonchev–Trinajstić information content (AvgIpc) is 2.67. The molecule has 2 aromatic carbocycles. The van der Waals surface area contributed by atoms with Gasteiger partial charge in [0.2, 0.25) is 0 Å². The number of pyridine rings is 1. The van der Waals surface area contributed by atoms with Crippen molar-refractivity contribution in [1.82, 2.24) is 0 Å². The van der Waals surface area contributed by atoms with E-state index in [0.29, 0.717) is 18.0 Å². The number of benzene rings is 2. The Kier molecular flexibility index (Phi) is 7.86. The fraction of sp³-hybridized carbons (Fsp3) is 0.100. The molecule has 1 heterocycles. The van der Waals surface area contributed by atoms with Gasteiger partial charge < -0.3 is 9.84 Å². The summed E-state index contributed by atoms with van der Waals surface area (Å²) in [6.45, 7) is 0.239. The fourth-order valence-corrected chi connectivity index (χ4v) is 2.94. The number of aromatic nitrogens is 1. The molecule has 152 valence electrons. The molecule has 0 unspecified atom stereocenters. The molecule has 0 fully saturated rings. The number of halogens is 2. The van der Waals surface area contributed by atoms with Crippen LogP contribution in [0.5, 0.6) is 5.75 Å². The topological polar surface area (TPSA) is 82.7 Å². The number of rotatable bonds is 7. The molecule has 29 heavy (non-hydrogen) atoms. The first-order valence-corrected chi connectivity index (χ1v) is 9.74. The lowest BCUT2D eigenvalue weighted by atomic mass is 10.2. The van der Waals surface area contributed by atoms with E-state index >= 15 is 0 Å². The number of ether oxygens (including phenoxy) is 1. The highest BCUT2D eigenvalue weighted by Gasteiger charge is 2.12. The molecule has 1 aromatic heterocycles. The van der Waals surface area contributed by atoms with Gasteiger partial charge in [-0.05, 0) is 30.3 Å². The predicted molar refractivity (Wildman–Crippen MR) is 110 cm³/mol. The van der Waals surface area contributed by atoms with Crippen LogP contribution in [0.15, 0.2) is 89.0 Å². The van der Waals surface area contributed by atoms with Gasteiger partial charge in [-0.25, -0.2) is 0 Å². The van der Waals surface area contributed by atoms with Crippen molar-refractivity contribution in [1.29, 1.82) is 0 Å². The van der Waals surface area contributed by atoms with Gasteiger partial charge in [0.15, 0.2) is 18.9 Å². The summed E-state index contributed by atoms with van der Waals surface area (Å²) in [5.74, 6) is 0.173. The molecule has 3 rings (SSSR count). The van der Waals surface area contributed by atoms with Crippen molar-refractivity contribution in [2.75, 3.05) is 6.61 Å². The standard InChI is InChI=1S/C20H17FN2O4S.BrH/c21-28(25,26)19-10-8-16(9-11-19)13-23-12-4-5-17(14-23)22-20(24)15-27-18-6-2-1-3-7-18;/h1-12,14H,13,15H2;1H. The first kappa shape index (κ1) is 22.5. The molecule has 0 spiro atoms. The van der Waals surface area contributed by atoms with Gasteiger partial charge in [-0.1, -0.05) is 30.3 Å². The van der Waals surface area contributed by atoms with E-state index < -0.39 is 16.1 Å². The van der Waals surface area contributed by atoms with Crippen LogP contribution in [0.1, 0.15) is 5.56 Å². The van der Waals surface area contributed by atoms with Gasteiger partial charge in [0, 0.05) is 17.5 Å². The van der Waals surface area contributed by atoms with Crippen molar-refractivity contribution < 1.29 is 26.7 Å². The zero-order valence-corrected chi connectivity index (χ0v) is 17.7. The second-order valence-electron chi connectivity index (χ2n) is 5.92. The van der Waals surface area contributed by atoms with E-state index in [0.717, 1.165) is 5.56 Å². The Morgan fingerprint density at radius 3 is 2.38 bits per heavy atom. The molecule has 0 saturated carbocycles. The summed E-state index contributed by atoms with van der Waals surface area (Å²) < 4.78 is 41.8. The zero-order valence-electron chi connectivity index (χ0n) is 15.1. The maximum atomic E-state index is 12.9. The first-order chi connectivity index (χ1) is 13.4. The summed E-state index contributed by atoms with van der Waals surface area (Å²) in [5, 5.41) is 12.0. The summed E-state index contributed by atoms with van der Waals surface area (Å²) in [7, 11) is -4.71. The van der Waals surface area contributed by atoms with Crippen LogP contribution in [0.3, 0.4) is 0 Å². The van der Waals surface area contributed by atoms with Gasteiger partial charge in [0.05, 0.1) is 4.90 Å². The Bertz CT molecular complexity index is 1080. The molecule has 0 N–H and O–H groups in total. The van der Waals surface area contributed by atoms with Gasteiger partial charge in [-0.2, -0.15) is 13.0 Å². The summed E-state index contributed by atoms with van der Waals surface area (Å²) in [5.41, 5.74) is 1.24. The number of nitrogens with zero attached hydrogens (tertiary/aromatic N) is 2. The molecule has 0 saturated heterocycles. The molecular formula is C20H18BrFN2O4S. The molecule has 0 aliphatic rings. The molecule has 0 aliphatic heterocycles. The Balaban J connectivity index is 0.00000300. The lowest BCUT2D eigenvalue weighted by molar-refractivity contribution is -0.687. The Morgan fingerprint density at radius 2 is 1.72 bits per heavy atom. The average molecular weight is 481 g/mol. The van der Waals surface area contributed by atoms with Crippen LogP contribution < -0.4 is 14.4 Å². The second kappa shape index (κ2) is 10.1. The van der Waals surface area contributed by atoms with Crippen LogP contribution in [0.25, 0.3) is 0 Å². The highest BCUT2D eigenvalue weighted by molar-refractivity contribution is 8.93. The summed E-state index contributed by atoms with van der Waals surface area (Å²) in [6.07, 6.45) is 3.46. The van der Waals surface area contributed by atoms with E-state index in [-0.39, 0.29) is 28.5 Å². The third-order valence-electron chi connectivity index (χ3n) is 3.77. The van der Waals surface area contributed by atoms with Crippen molar-refractivity contribution >= 4 is 38.8 Å². The SMILES string of the molecule is Br.O=S(=O)(F)c1ccc(C[n+]2cccc(N=C([O-])COc3ccccc3)c2)cc1. The molecule has 3 aromatic rings. The predicted octanol–water partition coefficient (Wildman–Crippen LogP) is 2.73. The van der Waals surface area contributed by atoms with Gasteiger partial charge >= 0.3 is 10.2 Å². The third kappa shape index (κ3) is 6.95. The lowest BCUT2D eigenvalue weighted by Crippen LogP contribution is -2.33. The number of hydrogen-bond acceptors (Lipinski definition) is 5. The van der Waals surface area contributed by atoms with Crippen LogP contribution in [0.4, 0.5) is 9.57 Å². The lowest BCUT2D eigenvalue weighted by Gasteiger charge is -2.11. The molecule has 0 atom stereocenters. The third-order valence-corrected chi connectivity index (χ3v) is 4.61. The molecule has 6 nitrogen and oxygen atoms in total. The molecule has 0 aliphatic carbocycles. The van der Waals surface area contributed by atoms with E-state index in [1.54, 1.807) is 41.2 Å². The maximum Gasteiger partial charge on any atom is 0.332 e. The Hall–Kier alpha value is -2.78. The highest BCUT2D eigenvalue weighted by atomic mass is 79.9. The van der Waals surface area contributed by atoms with E-state index in [4.69, 9.17) is 4.74 Å². The normalized spacial score (nSPS) is 11.6. The molecule has 0 bridgehead atoms. The van der Waals surface area contributed by atoms with E-state index in [1.165, 1.54) is 24.3 Å². The second-order valence-corrected chi connectivity index (χ2v) is 7.27. The molecule has 0 amide bonds. The van der Waals surface area contributed by atoms with Crippen molar-refractivity contribution in [3.8, 4) is 5.75 Å². The van der Waals surface area contributed by atoms with Crippen LogP contribution in [-0.4, -0.2) is 20.9 Å². The van der Waals surface area contributed by atoms with Crippen LogP contribution >= 0.6 is 17.0 Å². The van der Waals surface area contributed by atoms with Crippen LogP contribution in [-0.2, 0) is 16.8 Å². The minimum Gasteiger partial charge on any atom is -0.859 e. The van der Waals surface area contributed by atoms with E-state index in [1.807, 2.05) is 18.2 Å². The van der Waals surface area contributed by atoms with Gasteiger partial charge in [-0.3, -0.25) is 4.99 Å². The number of aliphatic imine (C=N–C) groups is 1. The first-order valence-electron chi connectivity index (χ1n) is 8.35. The van der Waals surface area contributed by atoms with E-state index in [2.05, 4.69) is 4.99 Å². The fourth-order valence-electron chi connectivity index (χ4n) is 2.48. The van der Waals surface area contributed by atoms with Crippen LogP contribution in [0, 0.1) is 0 Å². The largest absolute Gasteiger partial charge is 0.859 e. The van der Waals surface area contributed by atoms with Crippen molar-refractivity contribution in [2.24, 2.45) is 4.99 Å². The zero-order chi connectivity index (χ0) is 20.0. The number of hydrogen-bond donors (Lipinski definition) is 0. The quantitative estimate of drug-likeness (QED) is 0.225. The van der Waals surface area contributed by atoms with Crippen molar-refractivity contribution in [3.05, 3.63) is 84.7 Å². The van der Waals surface area contributed by atoms with Crippen LogP contribution in [0.2, 0.25) is 0 Å². The van der Waals surface area contributed by atoms with Crippen molar-refractivity contribution in [2.45, 2.75) is 11.4 Å². The van der Waals surface area contributed by atoms with Crippen molar-refractivity contribution in [3.63, 3.8) is 0 Å². The maximum absolute atomic E-state index is 12.9. The van der Waals surface area contributed by atoms with Gasteiger partial charge in [-0.15, -0.1) is 20.9 Å². The Morgan fingerprint density at radius 1 is 1.03 bits per heavy atom. The summed E-state index contributed by atoms with van der Waals surface area (Å²) in [6, 6.07) is 17.9. The van der Waals surface area contributed by atoms with Gasteiger partial charge in [0.25, 0.3) is 0 Å². The monoisotopic (exact) mass is 480 g/mol.